The van der Waals surface area contributed by atoms with Crippen molar-refractivity contribution in [3.05, 3.63) is 287 Å². The number of anilines is 6. The van der Waals surface area contributed by atoms with Crippen LogP contribution in [-0.2, 0) is 11.8 Å². The fourth-order valence-corrected chi connectivity index (χ4v) is 13.0. The molecule has 2 nitrogen and oxygen atoms in total. The Balaban J connectivity index is 1.09. The van der Waals surface area contributed by atoms with Crippen LogP contribution < -0.4 is 9.80 Å². The number of rotatable bonds is 9. The quantitative estimate of drug-likeness (QED) is 0.133. The molecule has 1 heterocycles. The van der Waals surface area contributed by atoms with E-state index in [0.29, 0.717) is 0 Å². The molecule has 332 valence electrons. The van der Waals surface area contributed by atoms with E-state index in [0.717, 1.165) is 40.5 Å². The highest BCUT2D eigenvalue weighted by atomic mass is 32.1. The zero-order chi connectivity index (χ0) is 46.8. The number of thiophene rings is 1. The van der Waals surface area contributed by atoms with Gasteiger partial charge in [0, 0.05) is 38.1 Å². The third kappa shape index (κ3) is 6.39. The second kappa shape index (κ2) is 16.9. The zero-order valence-corrected chi connectivity index (χ0v) is 39.7. The van der Waals surface area contributed by atoms with Crippen LogP contribution in [0.3, 0.4) is 0 Å². The van der Waals surface area contributed by atoms with Crippen LogP contribution in [0.15, 0.2) is 243 Å². The van der Waals surface area contributed by atoms with Gasteiger partial charge in [-0.15, -0.1) is 11.3 Å². The summed E-state index contributed by atoms with van der Waals surface area (Å²) in [6, 6.07) is 76.3. The van der Waals surface area contributed by atoms with Crippen molar-refractivity contribution in [1.82, 2.24) is 0 Å². The molecule has 10 aromatic rings. The molecular formula is C67H48N2S. The largest absolute Gasteiger partial charge is 0.310 e. The lowest BCUT2D eigenvalue weighted by molar-refractivity contribution is 0.785. The third-order valence-electron chi connectivity index (χ3n) is 14.7. The number of allylic oxidation sites excluding steroid dienone is 5. The van der Waals surface area contributed by atoms with Crippen LogP contribution in [0.1, 0.15) is 43.8 Å². The van der Waals surface area contributed by atoms with Gasteiger partial charge in [0.2, 0.25) is 0 Å². The Morgan fingerprint density at radius 1 is 0.543 bits per heavy atom. The first-order chi connectivity index (χ1) is 34.6. The van der Waals surface area contributed by atoms with Gasteiger partial charge in [0.1, 0.15) is 0 Å². The smallest absolute Gasteiger partial charge is 0.0738 e. The summed E-state index contributed by atoms with van der Waals surface area (Å²) in [6.07, 6.45) is 16.1. The number of hydrogen-bond acceptors (Lipinski definition) is 3. The lowest BCUT2D eigenvalue weighted by atomic mass is 9.69. The summed E-state index contributed by atoms with van der Waals surface area (Å²) in [5, 5.41) is 2.42. The van der Waals surface area contributed by atoms with E-state index < -0.39 is 5.41 Å². The maximum absolute atomic E-state index is 4.04. The van der Waals surface area contributed by atoms with Gasteiger partial charge in [-0.3, -0.25) is 0 Å². The molecule has 1 aromatic heterocycles. The Morgan fingerprint density at radius 3 is 1.96 bits per heavy atom. The lowest BCUT2D eigenvalue weighted by Crippen LogP contribution is -2.27. The fraction of sp³-hybridized carbons (Fsp3) is 0.0448. The van der Waals surface area contributed by atoms with E-state index in [9.17, 15) is 0 Å². The predicted molar refractivity (Wildman–Crippen MR) is 299 cm³/mol. The van der Waals surface area contributed by atoms with Crippen molar-refractivity contribution in [3.63, 3.8) is 0 Å². The standard InChI is InChI=1S/C67H48N2S/c1-3-4-29-53-45(2)62(43-48-24-17-18-30-54(48)53)69(50-27-13-7-14-28-50)52-41-42-56-60(44-52)67(65-57-32-15-8-16-36-63(57)70-66(56)65)58-33-20-19-31-55(58)64-59(67)34-21-35-61(64)68(49-25-11-6-12-26-49)51-39-37-47(38-40-51)46-22-9-5-10-23-46/h3-31,33-44H,1,32H2,2H3/b29-4-. The molecule has 0 aliphatic heterocycles. The molecule has 9 aromatic carbocycles. The molecule has 0 N–H and O–H groups in total. The Labute approximate surface area is 414 Å². The minimum absolute atomic E-state index is 0.600. The van der Waals surface area contributed by atoms with Gasteiger partial charge in [-0.1, -0.05) is 189 Å². The number of fused-ring (bicyclic) bond motifs is 13. The normalized spacial score (nSPS) is 14.8. The molecule has 0 saturated heterocycles. The average molecular weight is 913 g/mol. The SMILES string of the molecule is C=C/C=C\c1c(C)c(N(c2ccccc2)c2ccc3c(c2)C2(c4ccccc4-c4c(N(c5ccccc5)c5ccc(-c6ccccc6)cc5)cccc42)c2c-3sc3c2CC=CC=C3)cc2ccccc12. The number of nitrogens with zero attached hydrogens (tertiary/aromatic N) is 2. The zero-order valence-electron chi connectivity index (χ0n) is 38.9. The van der Waals surface area contributed by atoms with E-state index in [1.807, 2.05) is 17.4 Å². The van der Waals surface area contributed by atoms with Crippen LogP contribution in [0.25, 0.3) is 55.6 Å². The van der Waals surface area contributed by atoms with Crippen LogP contribution in [0.4, 0.5) is 34.1 Å². The molecule has 70 heavy (non-hydrogen) atoms. The monoisotopic (exact) mass is 912 g/mol. The molecule has 1 atom stereocenters. The molecule has 0 radical (unpaired) electrons. The van der Waals surface area contributed by atoms with Gasteiger partial charge >= 0.3 is 0 Å². The van der Waals surface area contributed by atoms with E-state index in [1.165, 1.54) is 87.3 Å². The van der Waals surface area contributed by atoms with Crippen molar-refractivity contribution in [2.24, 2.45) is 0 Å². The molecular weight excluding hydrogens is 865 g/mol. The van der Waals surface area contributed by atoms with Crippen molar-refractivity contribution in [1.29, 1.82) is 0 Å². The highest BCUT2D eigenvalue weighted by Crippen LogP contribution is 2.68. The highest BCUT2D eigenvalue weighted by molar-refractivity contribution is 7.17. The van der Waals surface area contributed by atoms with Crippen molar-refractivity contribution in [2.45, 2.75) is 18.8 Å². The predicted octanol–water partition coefficient (Wildman–Crippen LogP) is 18.5. The van der Waals surface area contributed by atoms with E-state index in [4.69, 9.17) is 0 Å². The first-order valence-corrected chi connectivity index (χ1v) is 25.0. The molecule has 0 saturated carbocycles. The summed E-state index contributed by atoms with van der Waals surface area (Å²) >= 11 is 1.95. The van der Waals surface area contributed by atoms with Gasteiger partial charge in [0.25, 0.3) is 0 Å². The Hall–Kier alpha value is -8.50. The Bertz CT molecular complexity index is 3760. The van der Waals surface area contributed by atoms with Gasteiger partial charge in [-0.05, 0) is 152 Å². The third-order valence-corrected chi connectivity index (χ3v) is 15.9. The summed E-state index contributed by atoms with van der Waals surface area (Å²) in [5.74, 6) is 0. The fourth-order valence-electron chi connectivity index (χ4n) is 11.7. The van der Waals surface area contributed by atoms with Crippen molar-refractivity contribution in [3.8, 4) is 32.7 Å². The van der Waals surface area contributed by atoms with Crippen molar-refractivity contribution < 1.29 is 0 Å². The summed E-state index contributed by atoms with van der Waals surface area (Å²) in [6.45, 7) is 6.30. The first kappa shape index (κ1) is 41.7. The summed E-state index contributed by atoms with van der Waals surface area (Å²) in [4.78, 5) is 7.65. The van der Waals surface area contributed by atoms with Gasteiger partial charge in [0.05, 0.1) is 16.8 Å². The minimum atomic E-state index is -0.600. The van der Waals surface area contributed by atoms with Gasteiger partial charge in [0.15, 0.2) is 0 Å². The second-order valence-corrected chi connectivity index (χ2v) is 19.4. The molecule has 0 amide bonds. The van der Waals surface area contributed by atoms with Gasteiger partial charge in [-0.2, -0.15) is 0 Å². The summed E-state index contributed by atoms with van der Waals surface area (Å²) in [5.41, 5.74) is 21.6. The van der Waals surface area contributed by atoms with Crippen LogP contribution in [0.5, 0.6) is 0 Å². The Kier molecular flexibility index (Phi) is 10.1. The maximum Gasteiger partial charge on any atom is 0.0738 e. The first-order valence-electron chi connectivity index (χ1n) is 24.2. The van der Waals surface area contributed by atoms with Crippen LogP contribution in [0, 0.1) is 6.92 Å². The second-order valence-electron chi connectivity index (χ2n) is 18.4. The van der Waals surface area contributed by atoms with Gasteiger partial charge < -0.3 is 9.80 Å². The molecule has 13 rings (SSSR count). The number of para-hydroxylation sites is 2. The Morgan fingerprint density at radius 2 is 1.19 bits per heavy atom. The van der Waals surface area contributed by atoms with Crippen LogP contribution in [0.2, 0.25) is 0 Å². The molecule has 1 spiro atoms. The topological polar surface area (TPSA) is 6.48 Å². The van der Waals surface area contributed by atoms with Crippen LogP contribution >= 0.6 is 11.3 Å². The van der Waals surface area contributed by atoms with Crippen molar-refractivity contribution in [2.75, 3.05) is 9.80 Å². The van der Waals surface area contributed by atoms with Crippen molar-refractivity contribution >= 4 is 68.4 Å². The molecule has 0 bridgehead atoms. The van der Waals surface area contributed by atoms with E-state index in [-0.39, 0.29) is 0 Å². The number of benzene rings is 9. The van der Waals surface area contributed by atoms with E-state index in [2.05, 4.69) is 266 Å². The van der Waals surface area contributed by atoms with Crippen LogP contribution in [-0.4, -0.2) is 0 Å². The minimum Gasteiger partial charge on any atom is -0.310 e. The summed E-state index contributed by atoms with van der Waals surface area (Å²) in [7, 11) is 0. The molecule has 3 heteroatoms. The molecule has 3 aliphatic rings. The maximum atomic E-state index is 4.04. The van der Waals surface area contributed by atoms with E-state index in [1.54, 1.807) is 0 Å². The lowest BCUT2D eigenvalue weighted by Gasteiger charge is -2.34. The van der Waals surface area contributed by atoms with E-state index >= 15 is 0 Å². The molecule has 1 unspecified atom stereocenters. The summed E-state index contributed by atoms with van der Waals surface area (Å²) < 4.78 is 0. The number of hydrogen-bond donors (Lipinski definition) is 0. The van der Waals surface area contributed by atoms with Gasteiger partial charge in [-0.25, -0.2) is 0 Å². The molecule has 0 fully saturated rings. The average Bonchev–Trinajstić information content (AvgIpc) is 3.95. The highest BCUT2D eigenvalue weighted by Gasteiger charge is 2.55. The molecule has 3 aliphatic carbocycles.